The van der Waals surface area contributed by atoms with Gasteiger partial charge in [-0.15, -0.1) is 0 Å². The molecular formula is C13H15IN4O. The fourth-order valence-electron chi connectivity index (χ4n) is 1.68. The van der Waals surface area contributed by atoms with Crippen LogP contribution in [0.15, 0.2) is 36.7 Å². The summed E-state index contributed by atoms with van der Waals surface area (Å²) < 4.78 is 2.81. The number of rotatable bonds is 4. The third kappa shape index (κ3) is 3.95. The van der Waals surface area contributed by atoms with E-state index in [1.807, 2.05) is 49.5 Å². The largest absolute Gasteiger partial charge is 0.363 e. The van der Waals surface area contributed by atoms with E-state index in [9.17, 15) is 4.79 Å². The molecule has 0 saturated heterocycles. The number of amides is 1. The van der Waals surface area contributed by atoms with Crippen molar-refractivity contribution in [1.82, 2.24) is 9.78 Å². The van der Waals surface area contributed by atoms with Crippen LogP contribution in [-0.2, 0) is 11.8 Å². The molecule has 19 heavy (non-hydrogen) atoms. The summed E-state index contributed by atoms with van der Waals surface area (Å²) in [5.74, 6) is -0.0478. The molecule has 2 aromatic rings. The van der Waals surface area contributed by atoms with E-state index >= 15 is 0 Å². The molecule has 0 spiro atoms. The zero-order valence-corrected chi connectivity index (χ0v) is 13.0. The van der Waals surface area contributed by atoms with Gasteiger partial charge in [-0.1, -0.05) is 6.07 Å². The van der Waals surface area contributed by atoms with E-state index in [0.717, 1.165) is 14.9 Å². The third-order valence-corrected chi connectivity index (χ3v) is 3.29. The summed E-state index contributed by atoms with van der Waals surface area (Å²) in [6, 6.07) is 7.72. The summed E-state index contributed by atoms with van der Waals surface area (Å²) in [4.78, 5) is 13.8. The maximum atomic E-state index is 11.9. The van der Waals surface area contributed by atoms with E-state index in [2.05, 4.69) is 33.0 Å². The zero-order valence-electron chi connectivity index (χ0n) is 10.8. The van der Waals surface area contributed by atoms with Gasteiger partial charge in [0.2, 0.25) is 5.91 Å². The van der Waals surface area contributed by atoms with Crippen LogP contribution in [0.1, 0.15) is 0 Å². The predicted octanol–water partition coefficient (Wildman–Crippen LogP) is 2.10. The molecule has 0 unspecified atom stereocenters. The molecule has 2 rings (SSSR count). The number of halogens is 1. The molecule has 0 aliphatic heterocycles. The molecule has 0 saturated carbocycles. The van der Waals surface area contributed by atoms with Crippen LogP contribution in [0.2, 0.25) is 0 Å². The lowest BCUT2D eigenvalue weighted by Crippen LogP contribution is -2.29. The highest BCUT2D eigenvalue weighted by Crippen LogP contribution is 2.13. The maximum Gasteiger partial charge on any atom is 0.243 e. The standard InChI is InChI=1S/C13H15IN4O/c1-17(12-7-15-18(2)8-12)9-13(19)16-11-5-3-4-10(14)6-11/h3-8H,9H2,1-2H3,(H,16,19). The van der Waals surface area contributed by atoms with Crippen LogP contribution in [0.3, 0.4) is 0 Å². The first kappa shape index (κ1) is 13.9. The predicted molar refractivity (Wildman–Crippen MR) is 84.3 cm³/mol. The number of nitrogens with zero attached hydrogens (tertiary/aromatic N) is 3. The summed E-state index contributed by atoms with van der Waals surface area (Å²) >= 11 is 2.22. The number of aromatic nitrogens is 2. The first-order valence-electron chi connectivity index (χ1n) is 5.80. The molecular weight excluding hydrogens is 355 g/mol. The van der Waals surface area contributed by atoms with Gasteiger partial charge in [0.15, 0.2) is 0 Å². The highest BCUT2D eigenvalue weighted by molar-refractivity contribution is 14.1. The summed E-state index contributed by atoms with van der Waals surface area (Å²) in [7, 11) is 3.72. The van der Waals surface area contributed by atoms with Gasteiger partial charge in [-0.3, -0.25) is 9.48 Å². The van der Waals surface area contributed by atoms with Crippen molar-refractivity contribution in [1.29, 1.82) is 0 Å². The van der Waals surface area contributed by atoms with E-state index in [1.165, 1.54) is 0 Å². The Kier molecular flexibility index (Phi) is 4.41. The van der Waals surface area contributed by atoms with Gasteiger partial charge < -0.3 is 10.2 Å². The van der Waals surface area contributed by atoms with Crippen LogP contribution in [0.5, 0.6) is 0 Å². The van der Waals surface area contributed by atoms with Gasteiger partial charge in [0, 0.05) is 29.5 Å². The molecule has 0 radical (unpaired) electrons. The van der Waals surface area contributed by atoms with Crippen molar-refractivity contribution in [3.05, 3.63) is 40.2 Å². The average molecular weight is 370 g/mol. The Balaban J connectivity index is 1.94. The van der Waals surface area contributed by atoms with Crippen LogP contribution in [0, 0.1) is 3.57 Å². The second-order valence-electron chi connectivity index (χ2n) is 4.29. The molecule has 0 atom stereocenters. The van der Waals surface area contributed by atoms with E-state index in [1.54, 1.807) is 10.9 Å². The van der Waals surface area contributed by atoms with Gasteiger partial charge in [0.05, 0.1) is 18.4 Å². The number of anilines is 2. The molecule has 0 aliphatic carbocycles. The molecule has 0 aliphatic rings. The van der Waals surface area contributed by atoms with Crippen molar-refractivity contribution in [3.8, 4) is 0 Å². The molecule has 1 aromatic heterocycles. The molecule has 6 heteroatoms. The van der Waals surface area contributed by atoms with Gasteiger partial charge in [0.1, 0.15) is 0 Å². The van der Waals surface area contributed by atoms with Gasteiger partial charge in [-0.25, -0.2) is 0 Å². The average Bonchev–Trinajstić information content (AvgIpc) is 2.75. The topological polar surface area (TPSA) is 50.2 Å². The van der Waals surface area contributed by atoms with Gasteiger partial charge in [0.25, 0.3) is 0 Å². The van der Waals surface area contributed by atoms with Crippen LogP contribution in [0.25, 0.3) is 0 Å². The van der Waals surface area contributed by atoms with Gasteiger partial charge in [-0.05, 0) is 40.8 Å². The minimum Gasteiger partial charge on any atom is -0.363 e. The number of nitrogens with one attached hydrogen (secondary N) is 1. The molecule has 1 aromatic carbocycles. The normalized spacial score (nSPS) is 10.3. The minimum absolute atomic E-state index is 0.0478. The minimum atomic E-state index is -0.0478. The van der Waals surface area contributed by atoms with Crippen LogP contribution in [0.4, 0.5) is 11.4 Å². The fourth-order valence-corrected chi connectivity index (χ4v) is 2.22. The Hall–Kier alpha value is -1.57. The van der Waals surface area contributed by atoms with Crippen LogP contribution in [-0.4, -0.2) is 29.3 Å². The fraction of sp³-hybridized carbons (Fsp3) is 0.231. The van der Waals surface area contributed by atoms with E-state index < -0.39 is 0 Å². The first-order valence-corrected chi connectivity index (χ1v) is 6.87. The Morgan fingerprint density at radius 2 is 2.32 bits per heavy atom. The van der Waals surface area contributed by atoms with Crippen LogP contribution < -0.4 is 10.2 Å². The van der Waals surface area contributed by atoms with E-state index in [4.69, 9.17) is 0 Å². The summed E-state index contributed by atoms with van der Waals surface area (Å²) in [6.45, 7) is 0.289. The molecule has 1 amide bonds. The zero-order chi connectivity index (χ0) is 13.8. The van der Waals surface area contributed by atoms with E-state index in [0.29, 0.717) is 0 Å². The number of hydrogen-bond donors (Lipinski definition) is 1. The third-order valence-electron chi connectivity index (χ3n) is 2.62. The Bertz CT molecular complexity index is 582. The lowest BCUT2D eigenvalue weighted by atomic mass is 10.3. The lowest BCUT2D eigenvalue weighted by molar-refractivity contribution is -0.114. The molecule has 0 bridgehead atoms. The number of hydrogen-bond acceptors (Lipinski definition) is 3. The van der Waals surface area contributed by atoms with Gasteiger partial charge >= 0.3 is 0 Å². The molecule has 0 fully saturated rings. The summed E-state index contributed by atoms with van der Waals surface area (Å²) in [5, 5.41) is 6.96. The van der Waals surface area contributed by atoms with Crippen LogP contribution >= 0.6 is 22.6 Å². The summed E-state index contributed by atoms with van der Waals surface area (Å²) in [6.07, 6.45) is 3.61. The highest BCUT2D eigenvalue weighted by Gasteiger charge is 2.09. The van der Waals surface area contributed by atoms with Gasteiger partial charge in [-0.2, -0.15) is 5.10 Å². The van der Waals surface area contributed by atoms with E-state index in [-0.39, 0.29) is 12.5 Å². The number of benzene rings is 1. The second kappa shape index (κ2) is 6.05. The van der Waals surface area contributed by atoms with Crippen molar-refractivity contribution in [2.75, 3.05) is 23.8 Å². The Morgan fingerprint density at radius 3 is 2.95 bits per heavy atom. The monoisotopic (exact) mass is 370 g/mol. The smallest absolute Gasteiger partial charge is 0.243 e. The maximum absolute atomic E-state index is 11.9. The highest BCUT2D eigenvalue weighted by atomic mass is 127. The first-order chi connectivity index (χ1) is 9.04. The quantitative estimate of drug-likeness (QED) is 0.839. The number of carbonyl (C=O) groups excluding carboxylic acids is 1. The molecule has 100 valence electrons. The lowest BCUT2D eigenvalue weighted by Gasteiger charge is -2.16. The summed E-state index contributed by atoms with van der Waals surface area (Å²) in [5.41, 5.74) is 1.73. The number of aryl methyl sites for hydroxylation is 1. The van der Waals surface area contributed by atoms with Crippen molar-refractivity contribution < 1.29 is 4.79 Å². The molecule has 1 heterocycles. The van der Waals surface area contributed by atoms with Crippen molar-refractivity contribution in [3.63, 3.8) is 0 Å². The second-order valence-corrected chi connectivity index (χ2v) is 5.53. The Morgan fingerprint density at radius 1 is 1.53 bits per heavy atom. The van der Waals surface area contributed by atoms with Crippen molar-refractivity contribution in [2.45, 2.75) is 0 Å². The van der Waals surface area contributed by atoms with Crippen molar-refractivity contribution >= 4 is 39.9 Å². The molecule has 5 nitrogen and oxygen atoms in total. The Labute approximate surface area is 125 Å². The number of carbonyl (C=O) groups is 1. The van der Waals surface area contributed by atoms with Crippen molar-refractivity contribution in [2.24, 2.45) is 7.05 Å². The number of likely N-dealkylation sites (N-methyl/N-ethyl adjacent to an activating group) is 1. The SMILES string of the molecule is CN(CC(=O)Nc1cccc(I)c1)c1cnn(C)c1. The molecule has 1 N–H and O–H groups in total.